The molecule has 0 saturated carbocycles. The van der Waals surface area contributed by atoms with E-state index in [1.807, 2.05) is 0 Å². The number of rotatable bonds is 14. The number of benzene rings is 1. The fourth-order valence-electron chi connectivity index (χ4n) is 3.82. The van der Waals surface area contributed by atoms with Gasteiger partial charge in [-0.25, -0.2) is 0 Å². The van der Waals surface area contributed by atoms with Crippen LogP contribution in [0, 0.1) is 30.1 Å². The third-order valence-corrected chi connectivity index (χ3v) is 5.53. The van der Waals surface area contributed by atoms with Crippen LogP contribution in [0.25, 0.3) is 0 Å². The fraction of sp³-hybridized carbons (Fsp3) is 0.615. The van der Waals surface area contributed by atoms with E-state index in [2.05, 4.69) is 69.2 Å². The molecular weight excluding hydrogens is 382 g/mol. The first-order valence-electron chi connectivity index (χ1n) is 11.6. The van der Waals surface area contributed by atoms with E-state index in [1.165, 1.54) is 42.2 Å². The normalized spacial score (nSPS) is 12.2. The van der Waals surface area contributed by atoms with Crippen molar-refractivity contribution in [3.63, 3.8) is 0 Å². The summed E-state index contributed by atoms with van der Waals surface area (Å²) >= 11 is 0. The van der Waals surface area contributed by atoms with Crippen LogP contribution < -0.4 is 10.6 Å². The van der Waals surface area contributed by atoms with E-state index in [1.54, 1.807) is 13.1 Å². The molecule has 0 aromatic heterocycles. The fourth-order valence-corrected chi connectivity index (χ4v) is 3.82. The summed E-state index contributed by atoms with van der Waals surface area (Å²) in [5.41, 5.74) is 6.73. The van der Waals surface area contributed by atoms with Gasteiger partial charge in [-0.15, -0.1) is 0 Å². The standard InChI is InChI=1S/C26H45N5/c1-8-15-31(16-9-12-26(4,5)6)19-22-17-20(2)18-25(21(22)3)30-14-11-23(28)24(29-7)10-13-27/h10,13,17-18,27-30H,8-9,11-12,14-16,19H2,1-7H3/b24-10-,27-13?,28-23?. The minimum atomic E-state index is 0.392. The molecule has 1 aromatic carbocycles. The zero-order valence-electron chi connectivity index (χ0n) is 20.9. The number of hydrogen-bond acceptors (Lipinski definition) is 5. The SMILES string of the molecule is CCCN(CCCC(C)(C)C)Cc1cc(C)cc(NCCC(=N)/C(=C/C=N)NC)c1C. The van der Waals surface area contributed by atoms with Gasteiger partial charge in [0.05, 0.1) is 11.4 Å². The minimum absolute atomic E-state index is 0.392. The number of nitrogens with zero attached hydrogens (tertiary/aromatic N) is 1. The molecule has 0 bridgehead atoms. The minimum Gasteiger partial charge on any atom is -0.387 e. The lowest BCUT2D eigenvalue weighted by Gasteiger charge is -2.26. The van der Waals surface area contributed by atoms with Crippen LogP contribution in [0.4, 0.5) is 5.69 Å². The van der Waals surface area contributed by atoms with Crippen LogP contribution in [0.15, 0.2) is 23.9 Å². The highest BCUT2D eigenvalue weighted by atomic mass is 15.1. The predicted octanol–water partition coefficient (Wildman–Crippen LogP) is 5.92. The van der Waals surface area contributed by atoms with Gasteiger partial charge >= 0.3 is 0 Å². The van der Waals surface area contributed by atoms with Gasteiger partial charge in [0.2, 0.25) is 0 Å². The number of aryl methyl sites for hydroxylation is 1. The Morgan fingerprint density at radius 2 is 1.87 bits per heavy atom. The molecule has 1 rings (SSSR count). The molecule has 31 heavy (non-hydrogen) atoms. The smallest absolute Gasteiger partial charge is 0.0564 e. The van der Waals surface area contributed by atoms with E-state index in [0.717, 1.165) is 25.3 Å². The van der Waals surface area contributed by atoms with Crippen molar-refractivity contribution < 1.29 is 0 Å². The maximum atomic E-state index is 8.22. The Morgan fingerprint density at radius 1 is 1.16 bits per heavy atom. The van der Waals surface area contributed by atoms with Crippen LogP contribution in [0.2, 0.25) is 0 Å². The first-order valence-corrected chi connectivity index (χ1v) is 11.6. The lowest BCUT2D eigenvalue weighted by atomic mass is 9.90. The molecule has 5 nitrogen and oxygen atoms in total. The Kier molecular flexibility index (Phi) is 11.5. The van der Waals surface area contributed by atoms with E-state index < -0.39 is 0 Å². The second-order valence-corrected chi connectivity index (χ2v) is 9.69. The second kappa shape index (κ2) is 13.3. The Morgan fingerprint density at radius 3 is 2.45 bits per heavy atom. The van der Waals surface area contributed by atoms with E-state index in [9.17, 15) is 0 Å². The van der Waals surface area contributed by atoms with Gasteiger partial charge in [0, 0.05) is 38.5 Å². The maximum Gasteiger partial charge on any atom is 0.0564 e. The quantitative estimate of drug-likeness (QED) is 0.279. The molecule has 0 aliphatic heterocycles. The average Bonchev–Trinajstić information content (AvgIpc) is 2.68. The first kappa shape index (κ1) is 26.9. The van der Waals surface area contributed by atoms with Crippen molar-refractivity contribution in [3.8, 4) is 0 Å². The molecular formula is C26H45N5. The molecule has 0 spiro atoms. The van der Waals surface area contributed by atoms with Gasteiger partial charge in [-0.1, -0.05) is 33.8 Å². The van der Waals surface area contributed by atoms with E-state index in [-0.39, 0.29) is 0 Å². The van der Waals surface area contributed by atoms with Crippen molar-refractivity contribution in [1.82, 2.24) is 10.2 Å². The van der Waals surface area contributed by atoms with Crippen molar-refractivity contribution in [3.05, 3.63) is 40.6 Å². The van der Waals surface area contributed by atoms with Gasteiger partial charge in [-0.05, 0) is 80.4 Å². The highest BCUT2D eigenvalue weighted by molar-refractivity contribution is 6.00. The molecule has 174 valence electrons. The van der Waals surface area contributed by atoms with E-state index >= 15 is 0 Å². The Balaban J connectivity index is 2.81. The third-order valence-electron chi connectivity index (χ3n) is 5.53. The Hall–Kier alpha value is -2.14. The van der Waals surface area contributed by atoms with Gasteiger partial charge in [0.15, 0.2) is 0 Å². The zero-order valence-corrected chi connectivity index (χ0v) is 20.9. The lowest BCUT2D eigenvalue weighted by molar-refractivity contribution is 0.240. The summed E-state index contributed by atoms with van der Waals surface area (Å²) in [6, 6.07) is 4.53. The molecule has 0 aliphatic rings. The molecule has 0 heterocycles. The molecule has 0 atom stereocenters. The molecule has 0 amide bonds. The summed E-state index contributed by atoms with van der Waals surface area (Å²) < 4.78 is 0. The zero-order chi connectivity index (χ0) is 23.4. The van der Waals surface area contributed by atoms with Gasteiger partial charge in [0.25, 0.3) is 0 Å². The van der Waals surface area contributed by atoms with Crippen LogP contribution in [0.3, 0.4) is 0 Å². The van der Waals surface area contributed by atoms with Crippen LogP contribution >= 0.6 is 0 Å². The second-order valence-electron chi connectivity index (χ2n) is 9.69. The monoisotopic (exact) mass is 427 g/mol. The van der Waals surface area contributed by atoms with Gasteiger partial charge in [-0.2, -0.15) is 0 Å². The van der Waals surface area contributed by atoms with Crippen molar-refractivity contribution in [2.45, 2.75) is 73.8 Å². The van der Waals surface area contributed by atoms with Gasteiger partial charge < -0.3 is 21.5 Å². The van der Waals surface area contributed by atoms with Crippen LogP contribution in [0.1, 0.15) is 70.1 Å². The average molecular weight is 428 g/mol. The molecule has 0 saturated heterocycles. The molecule has 1 aromatic rings. The summed E-state index contributed by atoms with van der Waals surface area (Å²) in [5.74, 6) is 0. The van der Waals surface area contributed by atoms with Crippen LogP contribution in [0.5, 0.6) is 0 Å². The van der Waals surface area contributed by atoms with Gasteiger partial charge in [-0.3, -0.25) is 4.90 Å². The number of hydrogen-bond donors (Lipinski definition) is 4. The lowest BCUT2D eigenvalue weighted by Crippen LogP contribution is -2.26. The maximum absolute atomic E-state index is 8.22. The predicted molar refractivity (Wildman–Crippen MR) is 137 cm³/mol. The highest BCUT2D eigenvalue weighted by Crippen LogP contribution is 2.25. The van der Waals surface area contributed by atoms with Crippen molar-refractivity contribution in [2.24, 2.45) is 5.41 Å². The van der Waals surface area contributed by atoms with E-state index in [0.29, 0.717) is 29.8 Å². The molecule has 4 N–H and O–H groups in total. The summed E-state index contributed by atoms with van der Waals surface area (Å²) in [6.45, 7) is 17.5. The third kappa shape index (κ3) is 10.1. The summed E-state index contributed by atoms with van der Waals surface area (Å²) in [6.07, 6.45) is 7.11. The number of nitrogens with one attached hydrogen (secondary N) is 4. The van der Waals surface area contributed by atoms with Crippen molar-refractivity contribution in [1.29, 1.82) is 10.8 Å². The van der Waals surface area contributed by atoms with Crippen molar-refractivity contribution >= 4 is 17.6 Å². The molecule has 0 unspecified atom stereocenters. The Labute approximate surface area is 190 Å². The van der Waals surface area contributed by atoms with Gasteiger partial charge in [0.1, 0.15) is 0 Å². The molecule has 0 radical (unpaired) electrons. The summed E-state index contributed by atoms with van der Waals surface area (Å²) in [5, 5.41) is 22.0. The van der Waals surface area contributed by atoms with E-state index in [4.69, 9.17) is 10.8 Å². The van der Waals surface area contributed by atoms with Crippen molar-refractivity contribution in [2.75, 3.05) is 32.0 Å². The summed E-state index contributed by atoms with van der Waals surface area (Å²) in [4.78, 5) is 2.59. The number of allylic oxidation sites excluding steroid dienone is 2. The molecule has 5 heteroatoms. The van der Waals surface area contributed by atoms with Crippen LogP contribution in [-0.4, -0.2) is 43.5 Å². The molecule has 0 fully saturated rings. The summed E-state index contributed by atoms with van der Waals surface area (Å²) in [7, 11) is 1.79. The number of anilines is 1. The molecule has 0 aliphatic carbocycles. The largest absolute Gasteiger partial charge is 0.387 e. The Bertz CT molecular complexity index is 743. The topological polar surface area (TPSA) is 75.0 Å². The highest BCUT2D eigenvalue weighted by Gasteiger charge is 2.14. The van der Waals surface area contributed by atoms with Crippen LogP contribution in [-0.2, 0) is 6.54 Å². The first-order chi connectivity index (χ1) is 14.6.